The Morgan fingerprint density at radius 3 is 2.88 bits per heavy atom. The lowest BCUT2D eigenvalue weighted by Crippen LogP contribution is -2.38. The average Bonchev–Trinajstić information content (AvgIpc) is 3.12. The topological polar surface area (TPSA) is 75.3 Å². The number of hydrogen-bond acceptors (Lipinski definition) is 6. The van der Waals surface area contributed by atoms with Gasteiger partial charge in [0.25, 0.3) is 5.89 Å². The number of piperidine rings is 1. The number of β-amino-alcohol motifs (C(OH)–C–C–N with tert-alkyl or cyclic N) is 1. The fraction of sp³-hybridized carbons (Fsp3) is 0.278. The highest BCUT2D eigenvalue weighted by atomic mass is 19.1. The average molecular weight is 340 g/mol. The van der Waals surface area contributed by atoms with Crippen LogP contribution < -0.4 is 4.90 Å². The molecule has 1 aliphatic rings. The van der Waals surface area contributed by atoms with Crippen LogP contribution in [0.3, 0.4) is 0 Å². The molecule has 0 radical (unpaired) electrons. The molecule has 25 heavy (non-hydrogen) atoms. The fourth-order valence-electron chi connectivity index (χ4n) is 2.95. The van der Waals surface area contributed by atoms with Gasteiger partial charge in [0, 0.05) is 24.8 Å². The molecule has 1 N–H and O–H groups in total. The van der Waals surface area contributed by atoms with Gasteiger partial charge in [-0.25, -0.2) is 9.37 Å². The molecular weight excluding hydrogens is 323 g/mol. The molecule has 1 saturated heterocycles. The molecule has 1 aromatic carbocycles. The number of aliphatic hydroxyl groups is 1. The molecule has 0 saturated carbocycles. The molecule has 4 rings (SSSR count). The van der Waals surface area contributed by atoms with Crippen LogP contribution in [0.25, 0.3) is 22.8 Å². The van der Waals surface area contributed by atoms with Gasteiger partial charge in [-0.1, -0.05) is 17.3 Å². The fourth-order valence-corrected chi connectivity index (χ4v) is 2.95. The first-order chi connectivity index (χ1) is 12.2. The third-order valence-electron chi connectivity index (χ3n) is 4.22. The van der Waals surface area contributed by atoms with Crippen LogP contribution in [0.5, 0.6) is 0 Å². The van der Waals surface area contributed by atoms with Gasteiger partial charge in [0.15, 0.2) is 0 Å². The van der Waals surface area contributed by atoms with Crippen molar-refractivity contribution in [2.24, 2.45) is 0 Å². The lowest BCUT2D eigenvalue weighted by molar-refractivity contribution is 0.154. The highest BCUT2D eigenvalue weighted by Gasteiger charge is 2.19. The minimum absolute atomic E-state index is 0.306. The zero-order valence-electron chi connectivity index (χ0n) is 13.5. The summed E-state index contributed by atoms with van der Waals surface area (Å²) in [5.74, 6) is 1.13. The normalized spacial score (nSPS) is 17.7. The number of aliphatic hydroxyl groups excluding tert-OH is 1. The summed E-state index contributed by atoms with van der Waals surface area (Å²) in [5, 5.41) is 13.7. The zero-order valence-corrected chi connectivity index (χ0v) is 13.5. The quantitative estimate of drug-likeness (QED) is 0.790. The van der Waals surface area contributed by atoms with E-state index in [2.05, 4.69) is 20.0 Å². The first-order valence-corrected chi connectivity index (χ1v) is 8.18. The van der Waals surface area contributed by atoms with Crippen LogP contribution in [0.15, 0.2) is 47.1 Å². The van der Waals surface area contributed by atoms with E-state index in [4.69, 9.17) is 4.52 Å². The Kier molecular flexibility index (Phi) is 4.15. The second-order valence-corrected chi connectivity index (χ2v) is 6.08. The molecule has 3 heterocycles. The summed E-state index contributed by atoms with van der Waals surface area (Å²) in [6, 6.07) is 9.78. The molecule has 6 nitrogen and oxygen atoms in total. The lowest BCUT2D eigenvalue weighted by Gasteiger charge is -2.30. The summed E-state index contributed by atoms with van der Waals surface area (Å²) in [4.78, 5) is 10.8. The summed E-state index contributed by atoms with van der Waals surface area (Å²) in [6.07, 6.45) is 3.14. The number of halogens is 1. The number of anilines is 1. The van der Waals surface area contributed by atoms with Gasteiger partial charge in [-0.3, -0.25) is 0 Å². The summed E-state index contributed by atoms with van der Waals surface area (Å²) in [6.45, 7) is 1.48. The highest BCUT2D eigenvalue weighted by molar-refractivity contribution is 5.60. The minimum Gasteiger partial charge on any atom is -0.391 e. The molecule has 2 aromatic heterocycles. The maximum atomic E-state index is 13.3. The van der Waals surface area contributed by atoms with Gasteiger partial charge in [0.1, 0.15) is 11.6 Å². The van der Waals surface area contributed by atoms with Crippen molar-refractivity contribution in [2.75, 3.05) is 18.0 Å². The van der Waals surface area contributed by atoms with Crippen molar-refractivity contribution in [1.29, 1.82) is 0 Å². The van der Waals surface area contributed by atoms with Gasteiger partial charge in [0.2, 0.25) is 5.82 Å². The number of aromatic nitrogens is 3. The van der Waals surface area contributed by atoms with E-state index in [9.17, 15) is 9.50 Å². The second-order valence-electron chi connectivity index (χ2n) is 6.08. The van der Waals surface area contributed by atoms with E-state index < -0.39 is 0 Å². The molecule has 0 bridgehead atoms. The smallest absolute Gasteiger partial charge is 0.259 e. The van der Waals surface area contributed by atoms with Gasteiger partial charge < -0.3 is 14.5 Å². The lowest BCUT2D eigenvalue weighted by atomic mass is 10.1. The van der Waals surface area contributed by atoms with E-state index in [1.54, 1.807) is 18.3 Å². The van der Waals surface area contributed by atoms with Crippen molar-refractivity contribution >= 4 is 5.82 Å². The molecule has 3 aromatic rings. The minimum atomic E-state index is -0.349. The monoisotopic (exact) mass is 340 g/mol. The van der Waals surface area contributed by atoms with Crippen molar-refractivity contribution < 1.29 is 14.0 Å². The second kappa shape index (κ2) is 6.60. The van der Waals surface area contributed by atoms with Gasteiger partial charge >= 0.3 is 0 Å². The Balaban J connectivity index is 1.54. The van der Waals surface area contributed by atoms with Gasteiger partial charge in [-0.05, 0) is 37.1 Å². The summed E-state index contributed by atoms with van der Waals surface area (Å²) >= 11 is 0. The van der Waals surface area contributed by atoms with E-state index >= 15 is 0 Å². The predicted molar refractivity (Wildman–Crippen MR) is 90.4 cm³/mol. The number of rotatable bonds is 3. The molecule has 0 aliphatic carbocycles. The van der Waals surface area contributed by atoms with E-state index in [0.717, 1.165) is 25.2 Å². The molecule has 0 spiro atoms. The first kappa shape index (κ1) is 15.7. The molecule has 1 unspecified atom stereocenters. The van der Waals surface area contributed by atoms with E-state index in [0.29, 0.717) is 29.4 Å². The van der Waals surface area contributed by atoms with Gasteiger partial charge in [0.05, 0.1) is 11.7 Å². The van der Waals surface area contributed by atoms with Crippen molar-refractivity contribution in [3.63, 3.8) is 0 Å². The van der Waals surface area contributed by atoms with Crippen molar-refractivity contribution in [2.45, 2.75) is 18.9 Å². The molecule has 128 valence electrons. The van der Waals surface area contributed by atoms with Crippen LogP contribution in [-0.4, -0.2) is 39.4 Å². The zero-order chi connectivity index (χ0) is 17.2. The number of benzene rings is 1. The van der Waals surface area contributed by atoms with Crippen molar-refractivity contribution in [3.05, 3.63) is 48.4 Å². The largest absolute Gasteiger partial charge is 0.391 e. The number of pyridine rings is 1. The number of hydrogen-bond donors (Lipinski definition) is 1. The van der Waals surface area contributed by atoms with Crippen LogP contribution in [0.2, 0.25) is 0 Å². The Morgan fingerprint density at radius 2 is 2.12 bits per heavy atom. The van der Waals surface area contributed by atoms with E-state index in [1.165, 1.54) is 12.1 Å². The molecule has 1 atom stereocenters. The Morgan fingerprint density at radius 1 is 1.20 bits per heavy atom. The Labute approximate surface area is 143 Å². The molecule has 7 heteroatoms. The first-order valence-electron chi connectivity index (χ1n) is 8.18. The number of nitrogens with zero attached hydrogens (tertiary/aromatic N) is 4. The summed E-state index contributed by atoms with van der Waals surface area (Å²) in [7, 11) is 0. The van der Waals surface area contributed by atoms with Crippen LogP contribution in [0.4, 0.5) is 10.2 Å². The maximum absolute atomic E-state index is 13.3. The Hall–Kier alpha value is -2.80. The molecular formula is C18H17FN4O2. The summed E-state index contributed by atoms with van der Waals surface area (Å²) in [5.41, 5.74) is 1.25. The van der Waals surface area contributed by atoms with Crippen LogP contribution in [-0.2, 0) is 0 Å². The van der Waals surface area contributed by atoms with E-state index in [1.807, 2.05) is 12.1 Å². The van der Waals surface area contributed by atoms with Crippen LogP contribution >= 0.6 is 0 Å². The third kappa shape index (κ3) is 3.36. The van der Waals surface area contributed by atoms with Crippen LogP contribution in [0, 0.1) is 5.82 Å². The SMILES string of the molecule is OC1CCCN(c2ccc(-c3nc(-c4cccc(F)c4)no3)cn2)C1. The van der Waals surface area contributed by atoms with Gasteiger partial charge in [-0.2, -0.15) is 4.98 Å². The predicted octanol–water partition coefficient (Wildman–Crippen LogP) is 2.90. The molecule has 0 amide bonds. The van der Waals surface area contributed by atoms with E-state index in [-0.39, 0.29) is 11.9 Å². The Bertz CT molecular complexity index is 866. The van der Waals surface area contributed by atoms with Crippen molar-refractivity contribution in [1.82, 2.24) is 15.1 Å². The third-order valence-corrected chi connectivity index (χ3v) is 4.22. The highest BCUT2D eigenvalue weighted by Crippen LogP contribution is 2.24. The molecule has 1 fully saturated rings. The van der Waals surface area contributed by atoms with Crippen molar-refractivity contribution in [3.8, 4) is 22.8 Å². The maximum Gasteiger partial charge on any atom is 0.259 e. The molecule has 1 aliphatic heterocycles. The van der Waals surface area contributed by atoms with Crippen LogP contribution in [0.1, 0.15) is 12.8 Å². The van der Waals surface area contributed by atoms with Gasteiger partial charge in [-0.15, -0.1) is 0 Å². The standard InChI is InChI=1S/C18H17FN4O2/c19-14-4-1-3-12(9-14)17-21-18(25-22-17)13-6-7-16(20-10-13)23-8-2-5-15(24)11-23/h1,3-4,6-7,9-10,15,24H,2,5,8,11H2. The summed E-state index contributed by atoms with van der Waals surface area (Å²) < 4.78 is 18.6.